The summed E-state index contributed by atoms with van der Waals surface area (Å²) in [4.78, 5) is 4.08. The number of nitrogens with one attached hydrogen (secondary N) is 1. The third-order valence-electron chi connectivity index (χ3n) is 3.27. The van der Waals surface area contributed by atoms with E-state index in [2.05, 4.69) is 47.6 Å². The molecule has 1 aromatic heterocycles. The highest BCUT2D eigenvalue weighted by atomic mass is 16.5. The Morgan fingerprint density at radius 1 is 1.14 bits per heavy atom. The van der Waals surface area contributed by atoms with E-state index in [1.54, 1.807) is 0 Å². The first kappa shape index (κ1) is 15.5. The molecule has 0 spiro atoms. The number of nitrogens with zero attached hydrogens (tertiary/aromatic N) is 1. The van der Waals surface area contributed by atoms with Crippen LogP contribution in [-0.2, 0) is 6.42 Å². The number of hydrogen-bond acceptors (Lipinski definition) is 3. The molecule has 0 radical (unpaired) electrons. The summed E-state index contributed by atoms with van der Waals surface area (Å²) in [5.74, 6) is 0.931. The predicted molar refractivity (Wildman–Crippen MR) is 86.6 cm³/mol. The summed E-state index contributed by atoms with van der Waals surface area (Å²) in [7, 11) is 0. The van der Waals surface area contributed by atoms with Crippen molar-refractivity contribution in [3.8, 4) is 5.75 Å². The van der Waals surface area contributed by atoms with Crippen LogP contribution >= 0.6 is 0 Å². The first-order valence-electron chi connectivity index (χ1n) is 7.58. The van der Waals surface area contributed by atoms with Gasteiger partial charge in [-0.2, -0.15) is 0 Å². The van der Waals surface area contributed by atoms with Crippen LogP contribution in [0.25, 0.3) is 0 Å². The van der Waals surface area contributed by atoms with Gasteiger partial charge in [0.25, 0.3) is 0 Å². The van der Waals surface area contributed by atoms with Crippen molar-refractivity contribution in [2.45, 2.75) is 39.3 Å². The summed E-state index contributed by atoms with van der Waals surface area (Å²) < 4.78 is 5.80. The molecule has 2 aromatic rings. The van der Waals surface area contributed by atoms with Gasteiger partial charge in [-0.15, -0.1) is 0 Å². The summed E-state index contributed by atoms with van der Waals surface area (Å²) in [6.07, 6.45) is 4.83. The van der Waals surface area contributed by atoms with Crippen molar-refractivity contribution < 1.29 is 4.74 Å². The van der Waals surface area contributed by atoms with Gasteiger partial charge in [0.05, 0.1) is 6.10 Å². The van der Waals surface area contributed by atoms with Crippen molar-refractivity contribution in [1.82, 2.24) is 10.3 Å². The second-order valence-corrected chi connectivity index (χ2v) is 5.41. The zero-order chi connectivity index (χ0) is 15.1. The fourth-order valence-corrected chi connectivity index (χ4v) is 2.39. The van der Waals surface area contributed by atoms with E-state index in [0.29, 0.717) is 0 Å². The Labute approximate surface area is 127 Å². The molecule has 1 aromatic carbocycles. The van der Waals surface area contributed by atoms with Gasteiger partial charge in [0, 0.05) is 18.4 Å². The molecule has 0 aliphatic heterocycles. The lowest BCUT2D eigenvalue weighted by Gasteiger charge is -2.20. The third kappa shape index (κ3) is 4.87. The van der Waals surface area contributed by atoms with Gasteiger partial charge in [0.15, 0.2) is 0 Å². The van der Waals surface area contributed by atoms with Gasteiger partial charge in [-0.05, 0) is 62.2 Å². The molecule has 0 saturated carbocycles. The van der Waals surface area contributed by atoms with Crippen LogP contribution in [0.2, 0.25) is 0 Å². The summed E-state index contributed by atoms with van der Waals surface area (Å²) in [5.41, 5.74) is 2.54. The number of rotatable bonds is 7. The van der Waals surface area contributed by atoms with Crippen molar-refractivity contribution in [1.29, 1.82) is 0 Å². The first-order valence-corrected chi connectivity index (χ1v) is 7.58. The van der Waals surface area contributed by atoms with E-state index in [-0.39, 0.29) is 12.1 Å². The summed E-state index contributed by atoms with van der Waals surface area (Å²) in [6, 6.07) is 12.8. The lowest BCUT2D eigenvalue weighted by Crippen LogP contribution is -2.23. The van der Waals surface area contributed by atoms with Gasteiger partial charge in [0.2, 0.25) is 0 Å². The average molecular weight is 284 g/mol. The molecule has 0 saturated heterocycles. The third-order valence-corrected chi connectivity index (χ3v) is 3.27. The number of likely N-dealkylation sites (N-methyl/N-ethyl adjacent to an activating group) is 1. The number of benzene rings is 1. The van der Waals surface area contributed by atoms with E-state index < -0.39 is 0 Å². The van der Waals surface area contributed by atoms with Gasteiger partial charge < -0.3 is 10.1 Å². The Hall–Kier alpha value is -1.87. The maximum atomic E-state index is 5.80. The van der Waals surface area contributed by atoms with Crippen LogP contribution in [0.3, 0.4) is 0 Å². The summed E-state index contributed by atoms with van der Waals surface area (Å²) >= 11 is 0. The zero-order valence-corrected chi connectivity index (χ0v) is 13.0. The van der Waals surface area contributed by atoms with Gasteiger partial charge in [-0.3, -0.25) is 4.98 Å². The molecule has 0 aliphatic rings. The molecular weight excluding hydrogens is 260 g/mol. The topological polar surface area (TPSA) is 34.2 Å². The number of hydrogen-bond donors (Lipinski definition) is 1. The Kier molecular flexibility index (Phi) is 5.76. The first-order chi connectivity index (χ1) is 10.2. The van der Waals surface area contributed by atoms with Crippen LogP contribution in [0, 0.1) is 0 Å². The summed E-state index contributed by atoms with van der Waals surface area (Å²) in [5, 5.41) is 3.55. The molecule has 1 N–H and O–H groups in total. The van der Waals surface area contributed by atoms with E-state index in [4.69, 9.17) is 4.74 Å². The molecule has 112 valence electrons. The maximum Gasteiger partial charge on any atom is 0.120 e. The highest BCUT2D eigenvalue weighted by molar-refractivity contribution is 5.32. The van der Waals surface area contributed by atoms with Crippen LogP contribution in [0.5, 0.6) is 5.75 Å². The smallest absolute Gasteiger partial charge is 0.120 e. The van der Waals surface area contributed by atoms with Crippen molar-refractivity contribution in [2.24, 2.45) is 0 Å². The minimum Gasteiger partial charge on any atom is -0.491 e. The average Bonchev–Trinajstić information content (AvgIpc) is 2.47. The predicted octanol–water partition coefficient (Wildman–Crippen LogP) is 3.76. The van der Waals surface area contributed by atoms with Crippen molar-refractivity contribution in [3.05, 3.63) is 59.9 Å². The van der Waals surface area contributed by atoms with Crippen LogP contribution in [0.1, 0.15) is 37.9 Å². The lowest BCUT2D eigenvalue weighted by molar-refractivity contribution is 0.242. The molecule has 21 heavy (non-hydrogen) atoms. The van der Waals surface area contributed by atoms with Gasteiger partial charge in [-0.1, -0.05) is 19.1 Å². The van der Waals surface area contributed by atoms with Crippen LogP contribution in [-0.4, -0.2) is 17.6 Å². The molecular formula is C18H24N2O. The summed E-state index contributed by atoms with van der Waals surface area (Å²) in [6.45, 7) is 7.16. The Morgan fingerprint density at radius 3 is 2.57 bits per heavy atom. The van der Waals surface area contributed by atoms with E-state index in [1.807, 2.05) is 32.3 Å². The number of aromatic nitrogens is 1. The minimum atomic E-state index is 0.193. The van der Waals surface area contributed by atoms with Crippen LogP contribution in [0.4, 0.5) is 0 Å². The molecule has 3 heteroatoms. The molecule has 1 atom stereocenters. The van der Waals surface area contributed by atoms with E-state index in [0.717, 1.165) is 18.7 Å². The number of pyridine rings is 1. The molecule has 3 nitrogen and oxygen atoms in total. The molecule has 1 unspecified atom stereocenters. The molecule has 2 rings (SSSR count). The van der Waals surface area contributed by atoms with Crippen molar-refractivity contribution >= 4 is 0 Å². The van der Waals surface area contributed by atoms with Crippen LogP contribution < -0.4 is 10.1 Å². The molecule has 0 amide bonds. The molecule has 0 fully saturated rings. The normalized spacial score (nSPS) is 12.4. The van der Waals surface area contributed by atoms with E-state index in [9.17, 15) is 0 Å². The largest absolute Gasteiger partial charge is 0.491 e. The Bertz CT molecular complexity index is 540. The van der Waals surface area contributed by atoms with Gasteiger partial charge in [0.1, 0.15) is 5.75 Å². The fraction of sp³-hybridized carbons (Fsp3) is 0.389. The SMILES string of the molecule is CCNC(Cc1ccncc1)c1cccc(OC(C)C)c1. The fourth-order valence-electron chi connectivity index (χ4n) is 2.39. The minimum absolute atomic E-state index is 0.193. The van der Waals surface area contributed by atoms with Gasteiger partial charge in [-0.25, -0.2) is 0 Å². The number of ether oxygens (including phenoxy) is 1. The molecule has 1 heterocycles. The monoisotopic (exact) mass is 284 g/mol. The van der Waals surface area contributed by atoms with Crippen LogP contribution in [0.15, 0.2) is 48.8 Å². The van der Waals surface area contributed by atoms with Crippen molar-refractivity contribution in [2.75, 3.05) is 6.54 Å². The quantitative estimate of drug-likeness (QED) is 0.840. The van der Waals surface area contributed by atoms with Gasteiger partial charge >= 0.3 is 0 Å². The second kappa shape index (κ2) is 7.79. The molecule has 0 bridgehead atoms. The highest BCUT2D eigenvalue weighted by Gasteiger charge is 2.12. The Morgan fingerprint density at radius 2 is 1.90 bits per heavy atom. The van der Waals surface area contributed by atoms with E-state index in [1.165, 1.54) is 11.1 Å². The maximum absolute atomic E-state index is 5.80. The lowest BCUT2D eigenvalue weighted by atomic mass is 9.99. The second-order valence-electron chi connectivity index (χ2n) is 5.41. The zero-order valence-electron chi connectivity index (χ0n) is 13.0. The molecule has 0 aliphatic carbocycles. The Balaban J connectivity index is 2.17. The van der Waals surface area contributed by atoms with Crippen molar-refractivity contribution in [3.63, 3.8) is 0 Å². The van der Waals surface area contributed by atoms with E-state index >= 15 is 0 Å². The highest BCUT2D eigenvalue weighted by Crippen LogP contribution is 2.23. The standard InChI is InChI=1S/C18H24N2O/c1-4-20-18(12-15-8-10-19-11-9-15)16-6-5-7-17(13-16)21-14(2)3/h5-11,13-14,18,20H,4,12H2,1-3H3.